The zero-order chi connectivity index (χ0) is 19.7. The Morgan fingerprint density at radius 3 is 2.57 bits per heavy atom. The molecule has 0 aliphatic carbocycles. The van der Waals surface area contributed by atoms with Crippen molar-refractivity contribution in [2.75, 3.05) is 0 Å². The number of benzene rings is 3. The van der Waals surface area contributed by atoms with E-state index in [1.807, 2.05) is 38.1 Å². The molecule has 1 aromatic heterocycles. The van der Waals surface area contributed by atoms with Gasteiger partial charge in [-0.15, -0.1) is 0 Å². The van der Waals surface area contributed by atoms with Crippen LogP contribution in [0.2, 0.25) is 0 Å². The van der Waals surface area contributed by atoms with Gasteiger partial charge in [-0.3, -0.25) is 4.79 Å². The normalized spacial score (nSPS) is 11.4. The van der Waals surface area contributed by atoms with E-state index in [0.717, 1.165) is 11.1 Å². The second-order valence-corrected chi connectivity index (χ2v) is 6.67. The SMILES string of the molecule is Cc1ccc(C=Nn2c(-c3cccc(F)c3)nc3ccccc3c2=O)cc1C. The van der Waals surface area contributed by atoms with Crippen molar-refractivity contribution in [3.8, 4) is 11.4 Å². The monoisotopic (exact) mass is 371 g/mol. The number of aromatic nitrogens is 2. The van der Waals surface area contributed by atoms with Crippen LogP contribution in [-0.4, -0.2) is 15.9 Å². The summed E-state index contributed by atoms with van der Waals surface area (Å²) in [7, 11) is 0. The highest BCUT2D eigenvalue weighted by Crippen LogP contribution is 2.20. The Kier molecular flexibility index (Phi) is 4.57. The van der Waals surface area contributed by atoms with Crippen molar-refractivity contribution in [3.63, 3.8) is 0 Å². The van der Waals surface area contributed by atoms with Gasteiger partial charge in [0.15, 0.2) is 5.82 Å². The van der Waals surface area contributed by atoms with E-state index in [4.69, 9.17) is 0 Å². The summed E-state index contributed by atoms with van der Waals surface area (Å²) in [5, 5.41) is 4.86. The quantitative estimate of drug-likeness (QED) is 0.490. The number of halogens is 1. The van der Waals surface area contributed by atoms with Crippen LogP contribution in [0.1, 0.15) is 16.7 Å². The lowest BCUT2D eigenvalue weighted by Crippen LogP contribution is -2.20. The summed E-state index contributed by atoms with van der Waals surface area (Å²) in [6.07, 6.45) is 1.62. The molecule has 0 saturated heterocycles. The third-order valence-electron chi connectivity index (χ3n) is 4.69. The highest BCUT2D eigenvalue weighted by molar-refractivity contribution is 5.82. The number of rotatable bonds is 3. The Bertz CT molecular complexity index is 1270. The number of para-hydroxylation sites is 1. The summed E-state index contributed by atoms with van der Waals surface area (Å²) < 4.78 is 15.0. The minimum Gasteiger partial charge on any atom is -0.267 e. The maximum Gasteiger partial charge on any atom is 0.282 e. The fourth-order valence-corrected chi connectivity index (χ4v) is 3.01. The highest BCUT2D eigenvalue weighted by atomic mass is 19.1. The third-order valence-corrected chi connectivity index (χ3v) is 4.69. The van der Waals surface area contributed by atoms with Crippen LogP contribution in [0.25, 0.3) is 22.3 Å². The Morgan fingerprint density at radius 1 is 0.964 bits per heavy atom. The molecule has 138 valence electrons. The Hall–Kier alpha value is -3.60. The van der Waals surface area contributed by atoms with Gasteiger partial charge < -0.3 is 0 Å². The van der Waals surface area contributed by atoms with E-state index in [1.165, 1.54) is 22.4 Å². The van der Waals surface area contributed by atoms with Crippen LogP contribution in [-0.2, 0) is 0 Å². The summed E-state index contributed by atoms with van der Waals surface area (Å²) in [5.74, 6) is -0.104. The Morgan fingerprint density at radius 2 is 1.79 bits per heavy atom. The van der Waals surface area contributed by atoms with Crippen molar-refractivity contribution in [1.82, 2.24) is 9.66 Å². The molecule has 3 aromatic carbocycles. The molecule has 5 heteroatoms. The standard InChI is InChI=1S/C23H18FN3O/c1-15-10-11-17(12-16(15)2)14-25-27-22(18-6-5-7-19(24)13-18)26-21-9-4-3-8-20(21)23(27)28/h3-14H,1-2H3. The molecule has 0 amide bonds. The molecule has 0 saturated carbocycles. The van der Waals surface area contributed by atoms with Crippen LogP contribution in [0.15, 0.2) is 76.6 Å². The van der Waals surface area contributed by atoms with Gasteiger partial charge in [0.05, 0.1) is 17.1 Å². The Balaban J connectivity index is 1.93. The first-order valence-electron chi connectivity index (χ1n) is 8.92. The Labute approximate surface area is 161 Å². The average molecular weight is 371 g/mol. The van der Waals surface area contributed by atoms with Gasteiger partial charge >= 0.3 is 0 Å². The minimum absolute atomic E-state index is 0.295. The maximum atomic E-state index is 13.8. The van der Waals surface area contributed by atoms with Gasteiger partial charge in [-0.05, 0) is 54.8 Å². The number of nitrogens with zero attached hydrogens (tertiary/aromatic N) is 3. The van der Waals surface area contributed by atoms with E-state index >= 15 is 0 Å². The van der Waals surface area contributed by atoms with Crippen LogP contribution >= 0.6 is 0 Å². The first-order valence-corrected chi connectivity index (χ1v) is 8.92. The highest BCUT2D eigenvalue weighted by Gasteiger charge is 2.12. The molecule has 0 unspecified atom stereocenters. The summed E-state index contributed by atoms with van der Waals surface area (Å²) in [6.45, 7) is 4.06. The van der Waals surface area contributed by atoms with Crippen molar-refractivity contribution < 1.29 is 4.39 Å². The molecule has 0 aliphatic rings. The van der Waals surface area contributed by atoms with Crippen LogP contribution < -0.4 is 5.56 Å². The van der Waals surface area contributed by atoms with E-state index in [0.29, 0.717) is 22.3 Å². The van der Waals surface area contributed by atoms with Gasteiger partial charge in [-0.2, -0.15) is 9.78 Å². The molecule has 4 aromatic rings. The number of hydrogen-bond acceptors (Lipinski definition) is 3. The van der Waals surface area contributed by atoms with Gasteiger partial charge in [0.1, 0.15) is 5.82 Å². The molecule has 4 rings (SSSR count). The molecule has 0 radical (unpaired) electrons. The van der Waals surface area contributed by atoms with Gasteiger partial charge in [0.25, 0.3) is 5.56 Å². The molecule has 28 heavy (non-hydrogen) atoms. The molecule has 0 fully saturated rings. The molecule has 0 aliphatic heterocycles. The van der Waals surface area contributed by atoms with Crippen LogP contribution in [0.4, 0.5) is 4.39 Å². The second-order valence-electron chi connectivity index (χ2n) is 6.67. The summed E-state index contributed by atoms with van der Waals surface area (Å²) in [5.41, 5.74) is 3.92. The molecular formula is C23H18FN3O. The van der Waals surface area contributed by atoms with Crippen molar-refractivity contribution in [3.05, 3.63) is 99.6 Å². The van der Waals surface area contributed by atoms with Gasteiger partial charge in [0.2, 0.25) is 0 Å². The molecule has 0 spiro atoms. The first kappa shape index (κ1) is 17.8. The number of fused-ring (bicyclic) bond motifs is 1. The summed E-state index contributed by atoms with van der Waals surface area (Å²) in [6, 6.07) is 19.0. The number of hydrogen-bond donors (Lipinski definition) is 0. The van der Waals surface area contributed by atoms with Gasteiger partial charge in [-0.1, -0.05) is 42.5 Å². The summed E-state index contributed by atoms with van der Waals surface area (Å²) >= 11 is 0. The largest absolute Gasteiger partial charge is 0.282 e. The first-order chi connectivity index (χ1) is 13.5. The van der Waals surface area contributed by atoms with E-state index in [2.05, 4.69) is 10.1 Å². The minimum atomic E-state index is -0.399. The molecule has 0 N–H and O–H groups in total. The molecule has 4 nitrogen and oxygen atoms in total. The van der Waals surface area contributed by atoms with E-state index in [1.54, 1.807) is 36.5 Å². The van der Waals surface area contributed by atoms with Crippen LogP contribution in [0.3, 0.4) is 0 Å². The molecule has 0 atom stereocenters. The smallest absolute Gasteiger partial charge is 0.267 e. The van der Waals surface area contributed by atoms with Crippen LogP contribution in [0, 0.1) is 19.7 Å². The van der Waals surface area contributed by atoms with Gasteiger partial charge in [0, 0.05) is 5.56 Å². The zero-order valence-corrected chi connectivity index (χ0v) is 15.6. The molecule has 1 heterocycles. The summed E-state index contributed by atoms with van der Waals surface area (Å²) in [4.78, 5) is 17.6. The third kappa shape index (κ3) is 3.34. The predicted octanol–water partition coefficient (Wildman–Crippen LogP) is 4.70. The van der Waals surface area contributed by atoms with Crippen molar-refractivity contribution in [2.24, 2.45) is 5.10 Å². The van der Waals surface area contributed by atoms with E-state index in [9.17, 15) is 9.18 Å². The van der Waals surface area contributed by atoms with Crippen LogP contribution in [0.5, 0.6) is 0 Å². The molecular weight excluding hydrogens is 353 g/mol. The van der Waals surface area contributed by atoms with Gasteiger partial charge in [-0.25, -0.2) is 9.37 Å². The van der Waals surface area contributed by atoms with E-state index < -0.39 is 5.82 Å². The topological polar surface area (TPSA) is 47.2 Å². The lowest BCUT2D eigenvalue weighted by Gasteiger charge is -2.09. The van der Waals surface area contributed by atoms with Crippen molar-refractivity contribution in [1.29, 1.82) is 0 Å². The average Bonchev–Trinajstić information content (AvgIpc) is 2.70. The lowest BCUT2D eigenvalue weighted by atomic mass is 10.1. The fourth-order valence-electron chi connectivity index (χ4n) is 3.01. The maximum absolute atomic E-state index is 13.8. The molecule has 0 bridgehead atoms. The lowest BCUT2D eigenvalue weighted by molar-refractivity contribution is 0.628. The zero-order valence-electron chi connectivity index (χ0n) is 15.6. The van der Waals surface area contributed by atoms with Crippen molar-refractivity contribution in [2.45, 2.75) is 13.8 Å². The van der Waals surface area contributed by atoms with E-state index in [-0.39, 0.29) is 5.56 Å². The number of aryl methyl sites for hydroxylation is 2. The second kappa shape index (κ2) is 7.19. The fraction of sp³-hybridized carbons (Fsp3) is 0.0870. The van der Waals surface area contributed by atoms with Crippen molar-refractivity contribution >= 4 is 17.1 Å². The predicted molar refractivity (Wildman–Crippen MR) is 110 cm³/mol.